The van der Waals surface area contributed by atoms with Gasteiger partial charge in [0.1, 0.15) is 5.75 Å². The van der Waals surface area contributed by atoms with Crippen LogP contribution in [0.5, 0.6) is 17.2 Å². The molecule has 106 valence electrons. The standard InChI is InChI=1S/C15H17NO4/c1-9-12(20-15(17)16-2)10-7-5-6-8-11(10)14(19-4)13(9)18-3/h5-8H,1-4H3,(H,16,17). The average Bonchev–Trinajstić information content (AvgIpc) is 2.49. The summed E-state index contributed by atoms with van der Waals surface area (Å²) >= 11 is 0. The van der Waals surface area contributed by atoms with Crippen molar-refractivity contribution in [2.24, 2.45) is 0 Å². The summed E-state index contributed by atoms with van der Waals surface area (Å²) in [6.45, 7) is 1.83. The summed E-state index contributed by atoms with van der Waals surface area (Å²) in [5.41, 5.74) is 0.714. The molecule has 0 aromatic heterocycles. The number of amides is 1. The van der Waals surface area contributed by atoms with Crippen LogP contribution in [-0.2, 0) is 0 Å². The van der Waals surface area contributed by atoms with Crippen molar-refractivity contribution >= 4 is 16.9 Å². The largest absolute Gasteiger partial charge is 0.492 e. The van der Waals surface area contributed by atoms with Crippen molar-refractivity contribution in [1.29, 1.82) is 0 Å². The molecule has 1 amide bonds. The Balaban J connectivity index is 2.79. The molecular formula is C15H17NO4. The van der Waals surface area contributed by atoms with Crippen molar-refractivity contribution in [3.63, 3.8) is 0 Å². The van der Waals surface area contributed by atoms with Crippen LogP contribution in [0, 0.1) is 6.92 Å². The number of rotatable bonds is 3. The van der Waals surface area contributed by atoms with Gasteiger partial charge in [-0.1, -0.05) is 24.3 Å². The molecule has 0 atom stereocenters. The van der Waals surface area contributed by atoms with Gasteiger partial charge in [-0.15, -0.1) is 0 Å². The summed E-state index contributed by atoms with van der Waals surface area (Å²) in [6.07, 6.45) is -0.523. The first-order valence-electron chi connectivity index (χ1n) is 6.16. The van der Waals surface area contributed by atoms with Gasteiger partial charge in [-0.2, -0.15) is 0 Å². The monoisotopic (exact) mass is 275 g/mol. The Labute approximate surface area is 117 Å². The van der Waals surface area contributed by atoms with Crippen LogP contribution < -0.4 is 19.5 Å². The average molecular weight is 275 g/mol. The van der Waals surface area contributed by atoms with Crippen LogP contribution in [0.15, 0.2) is 24.3 Å². The Hall–Kier alpha value is -2.43. The molecule has 0 bridgehead atoms. The van der Waals surface area contributed by atoms with Gasteiger partial charge < -0.3 is 19.5 Å². The second-order valence-electron chi connectivity index (χ2n) is 4.21. The lowest BCUT2D eigenvalue weighted by atomic mass is 10.0. The minimum atomic E-state index is -0.523. The summed E-state index contributed by atoms with van der Waals surface area (Å²) in [4.78, 5) is 11.5. The minimum absolute atomic E-state index is 0.470. The zero-order valence-corrected chi connectivity index (χ0v) is 11.9. The van der Waals surface area contributed by atoms with Gasteiger partial charge in [-0.3, -0.25) is 0 Å². The van der Waals surface area contributed by atoms with E-state index in [-0.39, 0.29) is 0 Å². The molecule has 0 radical (unpaired) electrons. The Morgan fingerprint density at radius 3 is 2.05 bits per heavy atom. The molecule has 2 aromatic carbocycles. The minimum Gasteiger partial charge on any atom is -0.492 e. The summed E-state index contributed by atoms with van der Waals surface area (Å²) in [5, 5.41) is 4.07. The maximum Gasteiger partial charge on any atom is 0.412 e. The normalized spacial score (nSPS) is 10.2. The summed E-state index contributed by atoms with van der Waals surface area (Å²) in [6, 6.07) is 7.54. The third kappa shape index (κ3) is 2.22. The summed E-state index contributed by atoms with van der Waals surface area (Å²) in [5.74, 6) is 1.66. The number of methoxy groups -OCH3 is 2. The third-order valence-electron chi connectivity index (χ3n) is 3.11. The van der Waals surface area contributed by atoms with Crippen LogP contribution in [-0.4, -0.2) is 27.4 Å². The highest BCUT2D eigenvalue weighted by molar-refractivity contribution is 5.98. The first-order valence-corrected chi connectivity index (χ1v) is 6.16. The Bertz CT molecular complexity index is 652. The van der Waals surface area contributed by atoms with E-state index >= 15 is 0 Å². The smallest absolute Gasteiger partial charge is 0.412 e. The van der Waals surface area contributed by atoms with Crippen molar-refractivity contribution in [2.45, 2.75) is 6.92 Å². The van der Waals surface area contributed by atoms with Crippen LogP contribution in [0.3, 0.4) is 0 Å². The van der Waals surface area contributed by atoms with E-state index in [1.54, 1.807) is 14.2 Å². The number of hydrogen-bond donors (Lipinski definition) is 1. The second kappa shape index (κ2) is 5.69. The highest BCUT2D eigenvalue weighted by Gasteiger charge is 2.20. The predicted octanol–water partition coefficient (Wildman–Crippen LogP) is 2.88. The van der Waals surface area contributed by atoms with Crippen LogP contribution in [0.4, 0.5) is 4.79 Å². The van der Waals surface area contributed by atoms with Crippen LogP contribution in [0.1, 0.15) is 5.56 Å². The molecule has 0 saturated carbocycles. The number of ether oxygens (including phenoxy) is 3. The van der Waals surface area contributed by atoms with E-state index in [0.717, 1.165) is 10.8 Å². The predicted molar refractivity (Wildman–Crippen MR) is 76.9 cm³/mol. The summed E-state index contributed by atoms with van der Waals surface area (Å²) < 4.78 is 16.2. The van der Waals surface area contributed by atoms with E-state index in [4.69, 9.17) is 14.2 Å². The van der Waals surface area contributed by atoms with E-state index in [1.807, 2.05) is 31.2 Å². The van der Waals surface area contributed by atoms with Gasteiger partial charge in [0.05, 0.1) is 14.2 Å². The van der Waals surface area contributed by atoms with Crippen molar-refractivity contribution in [3.8, 4) is 17.2 Å². The maximum atomic E-state index is 11.5. The van der Waals surface area contributed by atoms with E-state index in [0.29, 0.717) is 22.8 Å². The van der Waals surface area contributed by atoms with Crippen molar-refractivity contribution in [3.05, 3.63) is 29.8 Å². The molecule has 0 aliphatic carbocycles. The molecule has 0 heterocycles. The van der Waals surface area contributed by atoms with E-state index in [2.05, 4.69) is 5.32 Å². The van der Waals surface area contributed by atoms with Crippen molar-refractivity contribution in [1.82, 2.24) is 5.32 Å². The van der Waals surface area contributed by atoms with Crippen LogP contribution >= 0.6 is 0 Å². The first kappa shape index (κ1) is 14.0. The molecule has 0 spiro atoms. The number of carbonyl (C=O) groups excluding carboxylic acids is 1. The fourth-order valence-electron chi connectivity index (χ4n) is 2.20. The Kier molecular flexibility index (Phi) is 3.98. The van der Waals surface area contributed by atoms with Crippen molar-refractivity contribution < 1.29 is 19.0 Å². The van der Waals surface area contributed by atoms with E-state index in [1.165, 1.54) is 7.05 Å². The molecule has 0 fully saturated rings. The fraction of sp³-hybridized carbons (Fsp3) is 0.267. The van der Waals surface area contributed by atoms with Crippen LogP contribution in [0.2, 0.25) is 0 Å². The quantitative estimate of drug-likeness (QED) is 0.935. The first-order chi connectivity index (χ1) is 9.63. The van der Waals surface area contributed by atoms with Crippen molar-refractivity contribution in [2.75, 3.05) is 21.3 Å². The highest BCUT2D eigenvalue weighted by atomic mass is 16.6. The number of benzene rings is 2. The zero-order valence-electron chi connectivity index (χ0n) is 11.9. The SMILES string of the molecule is CNC(=O)Oc1c(C)c(OC)c(OC)c2ccccc12. The number of nitrogens with one attached hydrogen (secondary N) is 1. The van der Waals surface area contributed by atoms with Crippen LogP contribution in [0.25, 0.3) is 10.8 Å². The fourth-order valence-corrected chi connectivity index (χ4v) is 2.20. The lowest BCUT2D eigenvalue weighted by molar-refractivity contribution is 0.203. The molecule has 1 N–H and O–H groups in total. The molecule has 0 aliphatic heterocycles. The number of fused-ring (bicyclic) bond motifs is 1. The number of carbonyl (C=O) groups is 1. The maximum absolute atomic E-state index is 11.5. The Morgan fingerprint density at radius 1 is 1.00 bits per heavy atom. The molecule has 20 heavy (non-hydrogen) atoms. The van der Waals surface area contributed by atoms with Gasteiger partial charge in [0.25, 0.3) is 0 Å². The molecule has 0 saturated heterocycles. The lowest BCUT2D eigenvalue weighted by Gasteiger charge is -2.17. The topological polar surface area (TPSA) is 56.8 Å². The molecule has 0 unspecified atom stereocenters. The summed E-state index contributed by atoms with van der Waals surface area (Å²) in [7, 11) is 4.66. The highest BCUT2D eigenvalue weighted by Crippen LogP contribution is 2.45. The molecular weight excluding hydrogens is 258 g/mol. The molecule has 2 aromatic rings. The van der Waals surface area contributed by atoms with Gasteiger partial charge in [0.15, 0.2) is 11.5 Å². The molecule has 5 nitrogen and oxygen atoms in total. The van der Waals surface area contributed by atoms with Gasteiger partial charge in [0, 0.05) is 23.4 Å². The second-order valence-corrected chi connectivity index (χ2v) is 4.21. The molecule has 2 rings (SSSR count). The Morgan fingerprint density at radius 2 is 1.55 bits per heavy atom. The van der Waals surface area contributed by atoms with E-state index < -0.39 is 6.09 Å². The molecule has 5 heteroatoms. The molecule has 0 aliphatic rings. The number of hydrogen-bond acceptors (Lipinski definition) is 4. The van der Waals surface area contributed by atoms with E-state index in [9.17, 15) is 4.79 Å². The van der Waals surface area contributed by atoms with Gasteiger partial charge in [-0.25, -0.2) is 4.79 Å². The zero-order chi connectivity index (χ0) is 14.7. The van der Waals surface area contributed by atoms with Gasteiger partial charge >= 0.3 is 6.09 Å². The van der Waals surface area contributed by atoms with Gasteiger partial charge in [-0.05, 0) is 6.92 Å². The van der Waals surface area contributed by atoms with Gasteiger partial charge in [0.2, 0.25) is 0 Å². The third-order valence-corrected chi connectivity index (χ3v) is 3.11. The lowest BCUT2D eigenvalue weighted by Crippen LogP contribution is -2.22.